The summed E-state index contributed by atoms with van der Waals surface area (Å²) in [4.78, 5) is 4.46. The van der Waals surface area contributed by atoms with Crippen LogP contribution in [0.5, 0.6) is 0 Å². The molecule has 0 radical (unpaired) electrons. The molecule has 102 valence electrons. The number of fused-ring (bicyclic) bond motifs is 1. The van der Waals surface area contributed by atoms with Crippen molar-refractivity contribution in [3.63, 3.8) is 0 Å². The van der Waals surface area contributed by atoms with Crippen LogP contribution in [-0.2, 0) is 0 Å². The predicted octanol–water partition coefficient (Wildman–Crippen LogP) is 4.13. The van der Waals surface area contributed by atoms with Crippen LogP contribution in [0.4, 0.5) is 11.4 Å². The first kappa shape index (κ1) is 14.5. The van der Waals surface area contributed by atoms with E-state index in [0.717, 1.165) is 33.3 Å². The fraction of sp³-hybridized carbons (Fsp3) is 0.357. The Labute approximate surface area is 126 Å². The van der Waals surface area contributed by atoms with Crippen molar-refractivity contribution >= 4 is 50.0 Å². The summed E-state index contributed by atoms with van der Waals surface area (Å²) >= 11 is 5.32. The molecule has 0 amide bonds. The summed E-state index contributed by atoms with van der Waals surface area (Å²) < 4.78 is 0.948. The maximum atomic E-state index is 6.00. The van der Waals surface area contributed by atoms with Gasteiger partial charge in [0, 0.05) is 28.3 Å². The molecule has 0 fully saturated rings. The molecule has 2 rings (SSSR count). The number of nitrogens with zero attached hydrogens (tertiary/aromatic N) is 1. The van der Waals surface area contributed by atoms with Gasteiger partial charge in [-0.25, -0.2) is 0 Å². The number of halogens is 1. The number of unbranched alkanes of at least 4 members (excludes halogenated alkanes) is 1. The number of thioether (sulfide) groups is 1. The van der Waals surface area contributed by atoms with E-state index >= 15 is 0 Å². The maximum absolute atomic E-state index is 6.00. The van der Waals surface area contributed by atoms with E-state index in [9.17, 15) is 0 Å². The van der Waals surface area contributed by atoms with Crippen LogP contribution in [0, 0.1) is 0 Å². The van der Waals surface area contributed by atoms with Crippen molar-refractivity contribution in [1.29, 1.82) is 0 Å². The van der Waals surface area contributed by atoms with Crippen molar-refractivity contribution in [3.05, 3.63) is 28.9 Å². The van der Waals surface area contributed by atoms with Crippen molar-refractivity contribution in [2.24, 2.45) is 0 Å². The van der Waals surface area contributed by atoms with Crippen molar-refractivity contribution < 1.29 is 0 Å². The van der Waals surface area contributed by atoms with Crippen LogP contribution in [0.25, 0.3) is 10.9 Å². The van der Waals surface area contributed by atoms with Gasteiger partial charge in [-0.2, -0.15) is 11.8 Å². The zero-order valence-electron chi connectivity index (χ0n) is 10.9. The number of hydrogen-bond acceptors (Lipinski definition) is 4. The predicted molar refractivity (Wildman–Crippen MR) is 90.0 cm³/mol. The highest BCUT2D eigenvalue weighted by molar-refractivity contribution is 9.10. The largest absolute Gasteiger partial charge is 0.398 e. The van der Waals surface area contributed by atoms with E-state index in [0.29, 0.717) is 0 Å². The summed E-state index contributed by atoms with van der Waals surface area (Å²) in [5.41, 5.74) is 8.75. The summed E-state index contributed by atoms with van der Waals surface area (Å²) in [7, 11) is 0. The standard InChI is InChI=1S/C14H18BrN3S/c1-19-7-3-2-6-17-13-5-4-12(16)11-8-10(15)9-18-14(11)13/h4-5,8-9,17H,2-3,6-7,16H2,1H3. The molecule has 19 heavy (non-hydrogen) atoms. The Hall–Kier alpha value is -0.940. The average molecular weight is 340 g/mol. The van der Waals surface area contributed by atoms with E-state index in [2.05, 4.69) is 32.5 Å². The molecule has 1 aromatic carbocycles. The summed E-state index contributed by atoms with van der Waals surface area (Å²) in [5.74, 6) is 1.22. The summed E-state index contributed by atoms with van der Waals surface area (Å²) in [6, 6.07) is 5.95. The lowest BCUT2D eigenvalue weighted by atomic mass is 10.1. The third-order valence-electron chi connectivity index (χ3n) is 2.94. The molecule has 5 heteroatoms. The summed E-state index contributed by atoms with van der Waals surface area (Å²) in [6.45, 7) is 0.970. The van der Waals surface area contributed by atoms with Crippen molar-refractivity contribution in [1.82, 2.24) is 4.98 Å². The molecule has 0 aliphatic rings. The maximum Gasteiger partial charge on any atom is 0.0954 e. The molecule has 0 aliphatic heterocycles. The van der Waals surface area contributed by atoms with Gasteiger partial charge in [0.1, 0.15) is 0 Å². The number of anilines is 2. The molecule has 3 nitrogen and oxygen atoms in total. The molecule has 0 unspecified atom stereocenters. The second-order valence-corrected chi connectivity index (χ2v) is 6.28. The second kappa shape index (κ2) is 7.01. The average Bonchev–Trinajstić information content (AvgIpc) is 2.41. The number of rotatable bonds is 6. The van der Waals surface area contributed by atoms with Gasteiger partial charge in [0.05, 0.1) is 11.2 Å². The topological polar surface area (TPSA) is 50.9 Å². The number of nitrogens with one attached hydrogen (secondary N) is 1. The second-order valence-electron chi connectivity index (χ2n) is 4.38. The van der Waals surface area contributed by atoms with Gasteiger partial charge >= 0.3 is 0 Å². The van der Waals surface area contributed by atoms with Gasteiger partial charge in [0.25, 0.3) is 0 Å². The van der Waals surface area contributed by atoms with Crippen LogP contribution < -0.4 is 11.1 Å². The number of nitrogens with two attached hydrogens (primary N) is 1. The normalized spacial score (nSPS) is 10.8. The van der Waals surface area contributed by atoms with Gasteiger partial charge in [-0.1, -0.05) is 0 Å². The minimum absolute atomic E-state index is 0.761. The van der Waals surface area contributed by atoms with E-state index in [4.69, 9.17) is 5.73 Å². The molecule has 0 bridgehead atoms. The molecule has 0 spiro atoms. The monoisotopic (exact) mass is 339 g/mol. The van der Waals surface area contributed by atoms with Crippen LogP contribution in [-0.4, -0.2) is 23.5 Å². The minimum Gasteiger partial charge on any atom is -0.398 e. The molecule has 1 aromatic heterocycles. The third kappa shape index (κ3) is 3.76. The number of hydrogen-bond donors (Lipinski definition) is 2. The van der Waals surface area contributed by atoms with E-state index < -0.39 is 0 Å². The quantitative estimate of drug-likeness (QED) is 0.613. The van der Waals surface area contributed by atoms with Gasteiger partial charge in [-0.3, -0.25) is 4.98 Å². The summed E-state index contributed by atoms with van der Waals surface area (Å²) in [5, 5.41) is 4.44. The third-order valence-corrected chi connectivity index (χ3v) is 4.07. The Morgan fingerprint density at radius 1 is 1.37 bits per heavy atom. The van der Waals surface area contributed by atoms with Crippen molar-refractivity contribution in [2.75, 3.05) is 29.6 Å². The van der Waals surface area contributed by atoms with E-state index in [1.165, 1.54) is 18.6 Å². The Kier molecular flexibility index (Phi) is 5.34. The number of benzene rings is 1. The lowest BCUT2D eigenvalue weighted by molar-refractivity contribution is 0.844. The Morgan fingerprint density at radius 2 is 2.21 bits per heavy atom. The Morgan fingerprint density at radius 3 is 3.00 bits per heavy atom. The zero-order chi connectivity index (χ0) is 13.7. The van der Waals surface area contributed by atoms with Crippen LogP contribution in [0.2, 0.25) is 0 Å². The van der Waals surface area contributed by atoms with Crippen LogP contribution in [0.1, 0.15) is 12.8 Å². The zero-order valence-corrected chi connectivity index (χ0v) is 13.4. The first-order valence-corrected chi connectivity index (χ1v) is 8.47. The molecule has 0 saturated heterocycles. The first-order valence-electron chi connectivity index (χ1n) is 6.29. The lowest BCUT2D eigenvalue weighted by Gasteiger charge is -2.10. The first-order chi connectivity index (χ1) is 9.22. The molecule has 0 atom stereocenters. The smallest absolute Gasteiger partial charge is 0.0954 e. The van der Waals surface area contributed by atoms with Crippen LogP contribution in [0.15, 0.2) is 28.9 Å². The number of aromatic nitrogens is 1. The lowest BCUT2D eigenvalue weighted by Crippen LogP contribution is -2.03. The highest BCUT2D eigenvalue weighted by Gasteiger charge is 2.05. The van der Waals surface area contributed by atoms with Gasteiger partial charge in [0.15, 0.2) is 0 Å². The van der Waals surface area contributed by atoms with Crippen molar-refractivity contribution in [3.8, 4) is 0 Å². The van der Waals surface area contributed by atoms with Gasteiger partial charge in [0.2, 0.25) is 0 Å². The van der Waals surface area contributed by atoms with E-state index in [-0.39, 0.29) is 0 Å². The van der Waals surface area contributed by atoms with Gasteiger partial charge in [-0.15, -0.1) is 0 Å². The minimum atomic E-state index is 0.761. The van der Waals surface area contributed by atoms with Crippen molar-refractivity contribution in [2.45, 2.75) is 12.8 Å². The number of pyridine rings is 1. The molecule has 0 aliphatic carbocycles. The molecule has 0 saturated carbocycles. The highest BCUT2D eigenvalue weighted by Crippen LogP contribution is 2.28. The fourth-order valence-corrected chi connectivity index (χ4v) is 2.78. The molecule has 3 N–H and O–H groups in total. The van der Waals surface area contributed by atoms with Gasteiger partial charge < -0.3 is 11.1 Å². The molecule has 1 heterocycles. The Balaban J connectivity index is 2.13. The van der Waals surface area contributed by atoms with Gasteiger partial charge in [-0.05, 0) is 59.0 Å². The summed E-state index contributed by atoms with van der Waals surface area (Å²) in [6.07, 6.45) is 6.35. The number of nitrogen functional groups attached to an aromatic ring is 1. The van der Waals surface area contributed by atoms with E-state index in [1.807, 2.05) is 30.0 Å². The molecule has 2 aromatic rings. The SMILES string of the molecule is CSCCCCNc1ccc(N)c2cc(Br)cnc12. The fourth-order valence-electron chi connectivity index (χ4n) is 1.95. The van der Waals surface area contributed by atoms with E-state index in [1.54, 1.807) is 6.20 Å². The molecular formula is C14H18BrN3S. The highest BCUT2D eigenvalue weighted by atomic mass is 79.9. The van der Waals surface area contributed by atoms with Crippen LogP contribution >= 0.6 is 27.7 Å². The molecular weight excluding hydrogens is 322 g/mol. The van der Waals surface area contributed by atoms with Crippen LogP contribution in [0.3, 0.4) is 0 Å². The Bertz CT molecular complexity index is 560.